The SMILES string of the molecule is NC1CCCc2c1ccn2C(C1CC1)C1CC1. The minimum atomic E-state index is 0.305. The van der Waals surface area contributed by atoms with E-state index in [-0.39, 0.29) is 0 Å². The molecule has 1 aromatic heterocycles. The second kappa shape index (κ2) is 3.61. The molecule has 1 atom stereocenters. The summed E-state index contributed by atoms with van der Waals surface area (Å²) in [6.45, 7) is 0. The number of rotatable bonds is 3. The number of aromatic nitrogens is 1. The monoisotopic (exact) mass is 230 g/mol. The normalized spacial score (nSPS) is 28.5. The molecule has 3 aliphatic carbocycles. The molecule has 0 spiro atoms. The van der Waals surface area contributed by atoms with E-state index in [2.05, 4.69) is 16.8 Å². The number of hydrogen-bond donors (Lipinski definition) is 1. The highest BCUT2D eigenvalue weighted by Crippen LogP contribution is 2.53. The Hall–Kier alpha value is -0.760. The minimum absolute atomic E-state index is 0.305. The van der Waals surface area contributed by atoms with Crippen molar-refractivity contribution < 1.29 is 0 Å². The molecular weight excluding hydrogens is 208 g/mol. The van der Waals surface area contributed by atoms with Crippen LogP contribution < -0.4 is 5.73 Å². The molecule has 92 valence electrons. The fourth-order valence-corrected chi connectivity index (χ4v) is 3.75. The smallest absolute Gasteiger partial charge is 0.0389 e. The van der Waals surface area contributed by atoms with Crippen molar-refractivity contribution in [3.8, 4) is 0 Å². The van der Waals surface area contributed by atoms with Gasteiger partial charge in [-0.3, -0.25) is 0 Å². The van der Waals surface area contributed by atoms with Gasteiger partial charge in [-0.15, -0.1) is 0 Å². The van der Waals surface area contributed by atoms with Gasteiger partial charge in [-0.25, -0.2) is 0 Å². The third-order valence-corrected chi connectivity index (χ3v) is 4.92. The Kier molecular flexibility index (Phi) is 2.17. The molecule has 2 heteroatoms. The largest absolute Gasteiger partial charge is 0.348 e. The van der Waals surface area contributed by atoms with Crippen molar-refractivity contribution in [3.63, 3.8) is 0 Å². The van der Waals surface area contributed by atoms with E-state index < -0.39 is 0 Å². The topological polar surface area (TPSA) is 30.9 Å². The van der Waals surface area contributed by atoms with Gasteiger partial charge in [0, 0.05) is 24.0 Å². The van der Waals surface area contributed by atoms with Gasteiger partial charge < -0.3 is 10.3 Å². The molecule has 1 heterocycles. The highest BCUT2D eigenvalue weighted by Gasteiger charge is 2.43. The van der Waals surface area contributed by atoms with Crippen molar-refractivity contribution in [2.75, 3.05) is 0 Å². The van der Waals surface area contributed by atoms with Gasteiger partial charge in [0.05, 0.1) is 0 Å². The van der Waals surface area contributed by atoms with Crippen LogP contribution >= 0.6 is 0 Å². The predicted octanol–water partition coefficient (Wildman–Crippen LogP) is 3.19. The summed E-state index contributed by atoms with van der Waals surface area (Å²) in [4.78, 5) is 0. The van der Waals surface area contributed by atoms with Crippen molar-refractivity contribution in [2.45, 2.75) is 57.0 Å². The van der Waals surface area contributed by atoms with Crippen LogP contribution in [0.25, 0.3) is 0 Å². The third-order valence-electron chi connectivity index (χ3n) is 4.92. The lowest BCUT2D eigenvalue weighted by Gasteiger charge is -2.26. The van der Waals surface area contributed by atoms with Gasteiger partial charge in [0.25, 0.3) is 0 Å². The van der Waals surface area contributed by atoms with E-state index in [1.807, 2.05) is 0 Å². The first-order valence-corrected chi connectivity index (χ1v) is 7.30. The lowest BCUT2D eigenvalue weighted by Crippen LogP contribution is -2.21. The van der Waals surface area contributed by atoms with Gasteiger partial charge in [0.15, 0.2) is 0 Å². The second-order valence-electron chi connectivity index (χ2n) is 6.29. The zero-order valence-corrected chi connectivity index (χ0v) is 10.4. The maximum absolute atomic E-state index is 6.23. The Morgan fingerprint density at radius 2 is 1.82 bits per heavy atom. The second-order valence-corrected chi connectivity index (χ2v) is 6.29. The van der Waals surface area contributed by atoms with E-state index in [0.717, 1.165) is 17.9 Å². The summed E-state index contributed by atoms with van der Waals surface area (Å²) in [5.41, 5.74) is 9.25. The summed E-state index contributed by atoms with van der Waals surface area (Å²) >= 11 is 0. The molecule has 1 unspecified atom stereocenters. The zero-order valence-electron chi connectivity index (χ0n) is 10.4. The Bertz CT molecular complexity index is 414. The molecule has 0 aliphatic heterocycles. The highest BCUT2D eigenvalue weighted by atomic mass is 15.0. The van der Waals surface area contributed by atoms with Gasteiger partial charge >= 0.3 is 0 Å². The Morgan fingerprint density at radius 3 is 2.47 bits per heavy atom. The molecule has 2 fully saturated rings. The number of nitrogens with zero attached hydrogens (tertiary/aromatic N) is 1. The van der Waals surface area contributed by atoms with Crippen LogP contribution in [0.5, 0.6) is 0 Å². The number of hydrogen-bond acceptors (Lipinski definition) is 1. The van der Waals surface area contributed by atoms with Crippen LogP contribution in [0, 0.1) is 11.8 Å². The van der Waals surface area contributed by atoms with E-state index in [4.69, 9.17) is 5.73 Å². The quantitative estimate of drug-likeness (QED) is 0.849. The fraction of sp³-hybridized carbons (Fsp3) is 0.733. The average Bonchev–Trinajstić information content (AvgIpc) is 3.20. The molecule has 0 radical (unpaired) electrons. The highest BCUT2D eigenvalue weighted by molar-refractivity contribution is 5.29. The first-order chi connectivity index (χ1) is 8.34. The lowest BCUT2D eigenvalue weighted by molar-refractivity contribution is 0.378. The lowest BCUT2D eigenvalue weighted by atomic mass is 9.93. The molecule has 17 heavy (non-hydrogen) atoms. The molecule has 2 nitrogen and oxygen atoms in total. The predicted molar refractivity (Wildman–Crippen MR) is 68.8 cm³/mol. The van der Waals surface area contributed by atoms with Crippen LogP contribution in [0.4, 0.5) is 0 Å². The maximum Gasteiger partial charge on any atom is 0.0389 e. The van der Waals surface area contributed by atoms with Crippen molar-refractivity contribution >= 4 is 0 Å². The van der Waals surface area contributed by atoms with Crippen LogP contribution in [0.1, 0.15) is 61.9 Å². The van der Waals surface area contributed by atoms with Crippen molar-refractivity contribution in [3.05, 3.63) is 23.5 Å². The van der Waals surface area contributed by atoms with Crippen molar-refractivity contribution in [1.29, 1.82) is 0 Å². The molecule has 4 rings (SSSR count). The Morgan fingerprint density at radius 1 is 1.12 bits per heavy atom. The summed E-state index contributed by atoms with van der Waals surface area (Å²) < 4.78 is 2.63. The van der Waals surface area contributed by atoms with E-state index in [9.17, 15) is 0 Å². The molecule has 0 bridgehead atoms. The summed E-state index contributed by atoms with van der Waals surface area (Å²) in [5.74, 6) is 1.97. The van der Waals surface area contributed by atoms with Crippen LogP contribution in [0.2, 0.25) is 0 Å². The van der Waals surface area contributed by atoms with Gasteiger partial charge in [0.2, 0.25) is 0 Å². The van der Waals surface area contributed by atoms with Crippen LogP contribution in [0.3, 0.4) is 0 Å². The molecular formula is C15H22N2. The van der Waals surface area contributed by atoms with Crippen molar-refractivity contribution in [1.82, 2.24) is 4.57 Å². The number of fused-ring (bicyclic) bond motifs is 1. The minimum Gasteiger partial charge on any atom is -0.348 e. The third kappa shape index (κ3) is 1.65. The standard InChI is InChI=1S/C15H22N2/c16-13-2-1-3-14-12(13)8-9-17(14)15(10-4-5-10)11-6-7-11/h8-11,13,15H,1-7,16H2. The van der Waals surface area contributed by atoms with Gasteiger partial charge in [-0.1, -0.05) is 0 Å². The van der Waals surface area contributed by atoms with Gasteiger partial charge in [-0.2, -0.15) is 0 Å². The molecule has 2 saturated carbocycles. The van der Waals surface area contributed by atoms with E-state index in [1.165, 1.54) is 50.5 Å². The summed E-state index contributed by atoms with van der Waals surface area (Å²) in [5, 5.41) is 0. The average molecular weight is 230 g/mol. The molecule has 0 saturated heterocycles. The van der Waals surface area contributed by atoms with E-state index >= 15 is 0 Å². The summed E-state index contributed by atoms with van der Waals surface area (Å²) in [6, 6.07) is 3.43. The van der Waals surface area contributed by atoms with Gasteiger partial charge in [0.1, 0.15) is 0 Å². The first-order valence-electron chi connectivity index (χ1n) is 7.30. The van der Waals surface area contributed by atoms with E-state index in [1.54, 1.807) is 5.69 Å². The fourth-order valence-electron chi connectivity index (χ4n) is 3.75. The first kappa shape index (κ1) is 10.2. The zero-order chi connectivity index (χ0) is 11.4. The van der Waals surface area contributed by atoms with Crippen molar-refractivity contribution in [2.24, 2.45) is 17.6 Å². The van der Waals surface area contributed by atoms with Crippen LogP contribution in [-0.2, 0) is 6.42 Å². The number of nitrogens with two attached hydrogens (primary N) is 1. The summed E-state index contributed by atoms with van der Waals surface area (Å²) in [6.07, 6.45) is 11.9. The maximum atomic E-state index is 6.23. The Balaban J connectivity index is 1.72. The molecule has 0 aromatic carbocycles. The molecule has 3 aliphatic rings. The Labute approximate surface area is 103 Å². The van der Waals surface area contributed by atoms with E-state index in [0.29, 0.717) is 6.04 Å². The molecule has 1 aromatic rings. The summed E-state index contributed by atoms with van der Waals surface area (Å²) in [7, 11) is 0. The van der Waals surface area contributed by atoms with Crippen LogP contribution in [0.15, 0.2) is 12.3 Å². The van der Waals surface area contributed by atoms with Gasteiger partial charge in [-0.05, 0) is 68.4 Å². The molecule has 0 amide bonds. The molecule has 2 N–H and O–H groups in total. The van der Waals surface area contributed by atoms with Crippen LogP contribution in [-0.4, -0.2) is 4.57 Å².